The van der Waals surface area contributed by atoms with Crippen molar-refractivity contribution in [3.05, 3.63) is 77.6 Å². The lowest BCUT2D eigenvalue weighted by molar-refractivity contribution is 0.820. The topological polar surface area (TPSA) is 12.9 Å². The summed E-state index contributed by atoms with van der Waals surface area (Å²) in [5.41, 5.74) is 3.99. The van der Waals surface area contributed by atoms with E-state index in [0.717, 1.165) is 12.7 Å². The molecular formula is C23H28BN. The van der Waals surface area contributed by atoms with Crippen LogP contribution in [-0.2, 0) is 6.42 Å². The molecule has 0 bridgehead atoms. The van der Waals surface area contributed by atoms with Crippen LogP contribution in [0.3, 0.4) is 0 Å². The minimum atomic E-state index is 0.580. The Labute approximate surface area is 153 Å². The van der Waals surface area contributed by atoms with Crippen molar-refractivity contribution < 1.29 is 0 Å². The van der Waals surface area contributed by atoms with Gasteiger partial charge in [-0.2, -0.15) is 0 Å². The Morgan fingerprint density at radius 3 is 1.96 bits per heavy atom. The third kappa shape index (κ3) is 5.74. The second-order valence-corrected chi connectivity index (χ2v) is 7.08. The van der Waals surface area contributed by atoms with Crippen LogP contribution in [0, 0.1) is 0 Å². The van der Waals surface area contributed by atoms with Crippen molar-refractivity contribution in [2.45, 2.75) is 52.3 Å². The largest absolute Gasteiger partial charge is 0.264 e. The number of hydrogen-bond donors (Lipinski definition) is 0. The Morgan fingerprint density at radius 1 is 0.800 bits per heavy atom. The Morgan fingerprint density at radius 2 is 1.40 bits per heavy atom. The number of rotatable bonds is 4. The molecule has 0 fully saturated rings. The summed E-state index contributed by atoms with van der Waals surface area (Å²) in [6.45, 7) is 8.78. The number of benzene rings is 2. The van der Waals surface area contributed by atoms with E-state index in [-0.39, 0.29) is 0 Å². The maximum atomic E-state index is 5.50. The van der Waals surface area contributed by atoms with Crippen LogP contribution in [0.25, 0.3) is 10.8 Å². The maximum Gasteiger partial charge on any atom is 0.0657 e. The van der Waals surface area contributed by atoms with E-state index in [1.165, 1.54) is 27.5 Å². The van der Waals surface area contributed by atoms with Crippen molar-refractivity contribution in [1.29, 1.82) is 0 Å². The van der Waals surface area contributed by atoms with Crippen molar-refractivity contribution >= 4 is 18.6 Å². The Hall–Kier alpha value is -2.09. The van der Waals surface area contributed by atoms with Gasteiger partial charge >= 0.3 is 0 Å². The van der Waals surface area contributed by atoms with Crippen LogP contribution in [0.1, 0.15) is 56.2 Å². The lowest BCUT2D eigenvalue weighted by atomic mass is 9.96. The summed E-state index contributed by atoms with van der Waals surface area (Å²) in [6.07, 6.45) is 5.59. The molecule has 0 aliphatic rings. The average Bonchev–Trinajstić information content (AvgIpc) is 2.62. The number of pyridine rings is 1. The van der Waals surface area contributed by atoms with Gasteiger partial charge in [0.25, 0.3) is 0 Å². The van der Waals surface area contributed by atoms with Crippen LogP contribution in [-0.4, -0.2) is 12.8 Å². The van der Waals surface area contributed by atoms with Gasteiger partial charge in [0.15, 0.2) is 0 Å². The summed E-state index contributed by atoms with van der Waals surface area (Å²) >= 11 is 0. The van der Waals surface area contributed by atoms with Gasteiger partial charge in [0.2, 0.25) is 0 Å². The van der Waals surface area contributed by atoms with Gasteiger partial charge in [-0.25, -0.2) is 0 Å². The molecule has 0 aliphatic carbocycles. The normalized spacial score (nSPS) is 10.8. The van der Waals surface area contributed by atoms with Gasteiger partial charge in [-0.15, -0.1) is 0 Å². The number of nitrogens with zero attached hydrogens (tertiary/aromatic N) is 1. The number of aromatic nitrogens is 1. The van der Waals surface area contributed by atoms with E-state index < -0.39 is 0 Å². The van der Waals surface area contributed by atoms with Crippen LogP contribution in [0.5, 0.6) is 0 Å². The molecule has 3 rings (SSSR count). The first-order valence-electron chi connectivity index (χ1n) is 9.14. The average molecular weight is 329 g/mol. The fourth-order valence-electron chi connectivity index (χ4n) is 2.67. The van der Waals surface area contributed by atoms with Crippen molar-refractivity contribution in [1.82, 2.24) is 4.98 Å². The van der Waals surface area contributed by atoms with Gasteiger partial charge in [0.1, 0.15) is 0 Å². The Kier molecular flexibility index (Phi) is 7.24. The van der Waals surface area contributed by atoms with Gasteiger partial charge in [0.05, 0.1) is 7.85 Å². The Balaban J connectivity index is 0.000000181. The second kappa shape index (κ2) is 9.41. The third-order valence-corrected chi connectivity index (χ3v) is 4.36. The standard InChI is InChI=1S/C12H11B.C11H17N/c13-8-7-10-5-6-11-3-1-2-4-12(11)9-10;1-8(2)10-5-11(9(3)4)7-12-6-10/h1-6,9H,7-8H2;5-9H,1-4H3. The van der Waals surface area contributed by atoms with Crippen LogP contribution in [0.15, 0.2) is 60.9 Å². The molecule has 0 unspecified atom stereocenters. The summed E-state index contributed by atoms with van der Waals surface area (Å²) < 4.78 is 0. The molecule has 0 atom stereocenters. The van der Waals surface area contributed by atoms with Crippen LogP contribution >= 0.6 is 0 Å². The second-order valence-electron chi connectivity index (χ2n) is 7.08. The van der Waals surface area contributed by atoms with E-state index >= 15 is 0 Å². The molecule has 0 saturated carbocycles. The minimum absolute atomic E-state index is 0.580. The van der Waals surface area contributed by atoms with Gasteiger partial charge in [-0.1, -0.05) is 82.5 Å². The molecule has 0 amide bonds. The van der Waals surface area contributed by atoms with Gasteiger partial charge in [0, 0.05) is 12.4 Å². The molecular weight excluding hydrogens is 301 g/mol. The van der Waals surface area contributed by atoms with Crippen molar-refractivity contribution in [3.63, 3.8) is 0 Å². The molecule has 1 heterocycles. The molecule has 0 aliphatic heterocycles. The SMILES string of the molecule is CC(C)c1cncc(C(C)C)c1.[B]CCc1ccc2ccccc2c1. The molecule has 1 nitrogen and oxygen atoms in total. The molecule has 2 radical (unpaired) electrons. The molecule has 128 valence electrons. The van der Waals surface area contributed by atoms with Crippen LogP contribution in [0.2, 0.25) is 6.32 Å². The van der Waals surface area contributed by atoms with E-state index in [1.54, 1.807) is 0 Å². The zero-order chi connectivity index (χ0) is 18.2. The molecule has 0 spiro atoms. The first kappa shape index (κ1) is 19.2. The molecule has 25 heavy (non-hydrogen) atoms. The number of aryl methyl sites for hydroxylation is 1. The van der Waals surface area contributed by atoms with Crippen LogP contribution in [0.4, 0.5) is 0 Å². The first-order valence-corrected chi connectivity index (χ1v) is 9.14. The molecule has 1 aromatic heterocycles. The predicted octanol–water partition coefficient (Wildman–Crippen LogP) is 6.30. The van der Waals surface area contributed by atoms with E-state index in [0.29, 0.717) is 11.8 Å². The summed E-state index contributed by atoms with van der Waals surface area (Å²) in [5.74, 6) is 1.16. The molecule has 0 saturated heterocycles. The third-order valence-electron chi connectivity index (χ3n) is 4.36. The monoisotopic (exact) mass is 329 g/mol. The van der Waals surface area contributed by atoms with Crippen LogP contribution < -0.4 is 0 Å². The van der Waals surface area contributed by atoms with E-state index in [4.69, 9.17) is 7.85 Å². The van der Waals surface area contributed by atoms with Gasteiger partial charge in [-0.3, -0.25) is 4.98 Å². The predicted molar refractivity (Wildman–Crippen MR) is 111 cm³/mol. The van der Waals surface area contributed by atoms with Gasteiger partial charge < -0.3 is 0 Å². The molecule has 2 heteroatoms. The fourth-order valence-corrected chi connectivity index (χ4v) is 2.67. The zero-order valence-corrected chi connectivity index (χ0v) is 15.9. The maximum absolute atomic E-state index is 5.50. The number of fused-ring (bicyclic) bond motifs is 1. The summed E-state index contributed by atoms with van der Waals surface area (Å²) in [6, 6.07) is 17.1. The molecule has 2 aromatic carbocycles. The lowest BCUT2D eigenvalue weighted by Gasteiger charge is -2.09. The molecule has 0 N–H and O–H groups in total. The van der Waals surface area contributed by atoms with Crippen molar-refractivity contribution in [2.75, 3.05) is 0 Å². The van der Waals surface area contributed by atoms with E-state index in [9.17, 15) is 0 Å². The highest BCUT2D eigenvalue weighted by Crippen LogP contribution is 2.19. The van der Waals surface area contributed by atoms with Crippen molar-refractivity contribution in [2.24, 2.45) is 0 Å². The lowest BCUT2D eigenvalue weighted by Crippen LogP contribution is -1.94. The number of hydrogen-bond acceptors (Lipinski definition) is 1. The van der Waals surface area contributed by atoms with E-state index in [1.807, 2.05) is 12.4 Å². The van der Waals surface area contributed by atoms with Gasteiger partial charge in [-0.05, 0) is 45.7 Å². The highest BCUT2D eigenvalue weighted by atomic mass is 14.6. The zero-order valence-electron chi connectivity index (χ0n) is 15.9. The highest BCUT2D eigenvalue weighted by molar-refractivity contribution is 6.08. The summed E-state index contributed by atoms with van der Waals surface area (Å²) in [5, 5.41) is 2.59. The first-order chi connectivity index (χ1) is 12.0. The Bertz CT molecular complexity index is 769. The summed E-state index contributed by atoms with van der Waals surface area (Å²) in [7, 11) is 5.50. The minimum Gasteiger partial charge on any atom is -0.264 e. The van der Waals surface area contributed by atoms with Crippen molar-refractivity contribution in [3.8, 4) is 0 Å². The summed E-state index contributed by atoms with van der Waals surface area (Å²) in [4.78, 5) is 4.23. The molecule has 3 aromatic rings. The highest BCUT2D eigenvalue weighted by Gasteiger charge is 2.03. The fraction of sp³-hybridized carbons (Fsp3) is 0.348. The quantitative estimate of drug-likeness (QED) is 0.512. The smallest absolute Gasteiger partial charge is 0.0657 e. The van der Waals surface area contributed by atoms with E-state index in [2.05, 4.69) is 81.2 Å².